The quantitative estimate of drug-likeness (QED) is 0.797. The molecule has 2 amide bonds. The number of ether oxygens (including phenoxy) is 1. The average Bonchev–Trinajstić information content (AvgIpc) is 2.63. The molecule has 1 N–H and O–H groups in total. The Morgan fingerprint density at radius 1 is 1.23 bits per heavy atom. The van der Waals surface area contributed by atoms with Gasteiger partial charge in [0.2, 0.25) is 11.8 Å². The van der Waals surface area contributed by atoms with Crippen molar-refractivity contribution in [3.63, 3.8) is 0 Å². The van der Waals surface area contributed by atoms with Crippen LogP contribution in [-0.4, -0.2) is 61.4 Å². The third kappa shape index (κ3) is 4.30. The summed E-state index contributed by atoms with van der Waals surface area (Å²) >= 11 is 6.11. The van der Waals surface area contributed by atoms with E-state index in [0.29, 0.717) is 29.5 Å². The Kier molecular flexibility index (Phi) is 6.53. The summed E-state index contributed by atoms with van der Waals surface area (Å²) in [5, 5.41) is 3.39. The third-order valence-corrected chi connectivity index (χ3v) is 5.35. The van der Waals surface area contributed by atoms with Crippen molar-refractivity contribution in [2.45, 2.75) is 27.7 Å². The van der Waals surface area contributed by atoms with Crippen LogP contribution in [0.15, 0.2) is 12.1 Å². The SMILES string of the molecule is CCN1CCN(C(=O)C(C)(C)C(=O)Nc2cc(C)c(Cl)cc2OC)CC1. The highest BCUT2D eigenvalue weighted by atomic mass is 35.5. The topological polar surface area (TPSA) is 61.9 Å². The van der Waals surface area contributed by atoms with Crippen molar-refractivity contribution in [1.29, 1.82) is 0 Å². The molecule has 1 heterocycles. The van der Waals surface area contributed by atoms with Crippen LogP contribution in [0.3, 0.4) is 0 Å². The number of aryl methyl sites for hydroxylation is 1. The number of halogens is 1. The fraction of sp³-hybridized carbons (Fsp3) is 0.579. The first kappa shape index (κ1) is 20.5. The Morgan fingerprint density at radius 2 is 1.85 bits per heavy atom. The van der Waals surface area contributed by atoms with Crippen molar-refractivity contribution in [3.05, 3.63) is 22.7 Å². The third-order valence-electron chi connectivity index (χ3n) is 4.94. The standard InChI is InChI=1S/C19H28ClN3O3/c1-6-22-7-9-23(10-8-22)18(25)19(3,4)17(24)21-15-11-13(2)14(20)12-16(15)26-5/h11-12H,6-10H2,1-5H3,(H,21,24). The van der Waals surface area contributed by atoms with Gasteiger partial charge >= 0.3 is 0 Å². The van der Waals surface area contributed by atoms with Crippen molar-refractivity contribution < 1.29 is 14.3 Å². The number of hydrogen-bond donors (Lipinski definition) is 1. The molecule has 1 saturated heterocycles. The van der Waals surface area contributed by atoms with Crippen LogP contribution < -0.4 is 10.1 Å². The summed E-state index contributed by atoms with van der Waals surface area (Å²) in [7, 11) is 1.51. The molecule has 1 aliphatic heterocycles. The van der Waals surface area contributed by atoms with Crippen LogP contribution in [0.2, 0.25) is 5.02 Å². The largest absolute Gasteiger partial charge is 0.495 e. The molecule has 0 bridgehead atoms. The molecule has 7 heteroatoms. The Morgan fingerprint density at radius 3 is 2.38 bits per heavy atom. The first-order chi connectivity index (χ1) is 12.2. The highest BCUT2D eigenvalue weighted by molar-refractivity contribution is 6.31. The van der Waals surface area contributed by atoms with E-state index >= 15 is 0 Å². The van der Waals surface area contributed by atoms with E-state index in [1.165, 1.54) is 7.11 Å². The highest BCUT2D eigenvalue weighted by Gasteiger charge is 2.40. The molecule has 0 spiro atoms. The first-order valence-corrected chi connectivity index (χ1v) is 9.25. The predicted octanol–water partition coefficient (Wildman–Crippen LogP) is 2.79. The minimum atomic E-state index is -1.17. The molecule has 6 nitrogen and oxygen atoms in total. The molecule has 1 aromatic rings. The van der Waals surface area contributed by atoms with Crippen molar-refractivity contribution in [3.8, 4) is 5.75 Å². The fourth-order valence-corrected chi connectivity index (χ4v) is 3.12. The molecule has 0 aromatic heterocycles. The number of nitrogens with zero attached hydrogens (tertiary/aromatic N) is 2. The number of carbonyl (C=O) groups excluding carboxylic acids is 2. The van der Waals surface area contributed by atoms with Gasteiger partial charge in [-0.25, -0.2) is 0 Å². The summed E-state index contributed by atoms with van der Waals surface area (Å²) in [5.41, 5.74) is 0.158. The normalized spacial score (nSPS) is 15.7. The zero-order chi connectivity index (χ0) is 19.5. The number of amides is 2. The Balaban J connectivity index is 2.13. The van der Waals surface area contributed by atoms with Crippen LogP contribution in [-0.2, 0) is 9.59 Å². The first-order valence-electron chi connectivity index (χ1n) is 8.88. The van der Waals surface area contributed by atoms with Gasteiger partial charge in [-0.05, 0) is 38.9 Å². The van der Waals surface area contributed by atoms with E-state index in [1.807, 2.05) is 6.92 Å². The van der Waals surface area contributed by atoms with Gasteiger partial charge in [0.15, 0.2) is 0 Å². The van der Waals surface area contributed by atoms with Gasteiger partial charge in [-0.1, -0.05) is 18.5 Å². The molecule has 0 atom stereocenters. The molecular weight excluding hydrogens is 354 g/mol. The maximum atomic E-state index is 12.9. The van der Waals surface area contributed by atoms with E-state index < -0.39 is 5.41 Å². The van der Waals surface area contributed by atoms with E-state index in [0.717, 1.165) is 25.2 Å². The average molecular weight is 382 g/mol. The second-order valence-corrected chi connectivity index (χ2v) is 7.51. The number of methoxy groups -OCH3 is 1. The fourth-order valence-electron chi connectivity index (χ4n) is 2.97. The number of rotatable bonds is 5. The molecule has 1 aliphatic rings. The zero-order valence-corrected chi connectivity index (χ0v) is 16.9. The van der Waals surface area contributed by atoms with Crippen LogP contribution >= 0.6 is 11.6 Å². The van der Waals surface area contributed by atoms with E-state index in [4.69, 9.17) is 16.3 Å². The summed E-state index contributed by atoms with van der Waals surface area (Å²) in [6, 6.07) is 3.41. The molecule has 1 fully saturated rings. The minimum Gasteiger partial charge on any atom is -0.495 e. The minimum absolute atomic E-state index is 0.157. The number of nitrogens with one attached hydrogen (secondary N) is 1. The second kappa shape index (κ2) is 8.27. The van der Waals surface area contributed by atoms with Gasteiger partial charge in [0.05, 0.1) is 12.8 Å². The number of hydrogen-bond acceptors (Lipinski definition) is 4. The molecule has 144 valence electrons. The van der Waals surface area contributed by atoms with Gasteiger partial charge < -0.3 is 19.9 Å². The Labute approximate surface area is 160 Å². The van der Waals surface area contributed by atoms with Crippen LogP contribution in [0.5, 0.6) is 5.75 Å². The molecule has 0 saturated carbocycles. The van der Waals surface area contributed by atoms with E-state index in [2.05, 4.69) is 17.1 Å². The summed E-state index contributed by atoms with van der Waals surface area (Å²) in [4.78, 5) is 29.8. The number of anilines is 1. The molecule has 0 aliphatic carbocycles. The maximum Gasteiger partial charge on any atom is 0.239 e. The monoisotopic (exact) mass is 381 g/mol. The van der Waals surface area contributed by atoms with Gasteiger partial charge in [0.1, 0.15) is 11.2 Å². The van der Waals surface area contributed by atoms with Crippen LogP contribution in [0, 0.1) is 12.3 Å². The lowest BCUT2D eigenvalue weighted by molar-refractivity contribution is -0.147. The van der Waals surface area contributed by atoms with Gasteiger partial charge in [-0.15, -0.1) is 0 Å². The van der Waals surface area contributed by atoms with Gasteiger partial charge in [0.25, 0.3) is 0 Å². The number of piperazine rings is 1. The van der Waals surface area contributed by atoms with E-state index in [1.54, 1.807) is 30.9 Å². The maximum absolute atomic E-state index is 12.9. The van der Waals surface area contributed by atoms with Crippen molar-refractivity contribution >= 4 is 29.1 Å². The van der Waals surface area contributed by atoms with E-state index in [9.17, 15) is 9.59 Å². The molecule has 0 radical (unpaired) electrons. The van der Waals surface area contributed by atoms with E-state index in [-0.39, 0.29) is 11.8 Å². The van der Waals surface area contributed by atoms with Gasteiger partial charge in [0, 0.05) is 37.3 Å². The Hall–Kier alpha value is -1.79. The van der Waals surface area contributed by atoms with Crippen LogP contribution in [0.4, 0.5) is 5.69 Å². The summed E-state index contributed by atoms with van der Waals surface area (Å²) < 4.78 is 5.30. The highest BCUT2D eigenvalue weighted by Crippen LogP contribution is 2.32. The molecular formula is C19H28ClN3O3. The number of benzene rings is 1. The van der Waals surface area contributed by atoms with Crippen molar-refractivity contribution in [1.82, 2.24) is 9.80 Å². The summed E-state index contributed by atoms with van der Waals surface area (Å²) in [6.45, 7) is 11.2. The van der Waals surface area contributed by atoms with Gasteiger partial charge in [-0.3, -0.25) is 9.59 Å². The summed E-state index contributed by atoms with van der Waals surface area (Å²) in [5.74, 6) is -0.0513. The molecule has 2 rings (SSSR count). The predicted molar refractivity (Wildman–Crippen MR) is 104 cm³/mol. The molecule has 0 unspecified atom stereocenters. The van der Waals surface area contributed by atoms with Gasteiger partial charge in [-0.2, -0.15) is 0 Å². The van der Waals surface area contributed by atoms with Crippen molar-refractivity contribution in [2.75, 3.05) is 45.2 Å². The van der Waals surface area contributed by atoms with Crippen LogP contribution in [0.1, 0.15) is 26.3 Å². The molecule has 1 aromatic carbocycles. The number of carbonyl (C=O) groups is 2. The lowest BCUT2D eigenvalue weighted by atomic mass is 9.89. The second-order valence-electron chi connectivity index (χ2n) is 7.11. The lowest BCUT2D eigenvalue weighted by Crippen LogP contribution is -2.54. The number of likely N-dealkylation sites (N-methyl/N-ethyl adjacent to an activating group) is 1. The smallest absolute Gasteiger partial charge is 0.239 e. The van der Waals surface area contributed by atoms with Crippen molar-refractivity contribution in [2.24, 2.45) is 5.41 Å². The molecule has 26 heavy (non-hydrogen) atoms. The zero-order valence-electron chi connectivity index (χ0n) is 16.2. The Bertz CT molecular complexity index is 683. The van der Waals surface area contributed by atoms with Crippen LogP contribution in [0.25, 0.3) is 0 Å². The lowest BCUT2D eigenvalue weighted by Gasteiger charge is -2.37. The summed E-state index contributed by atoms with van der Waals surface area (Å²) in [6.07, 6.45) is 0.